The van der Waals surface area contributed by atoms with Gasteiger partial charge in [0.05, 0.1) is 0 Å². The third-order valence-electron chi connectivity index (χ3n) is 6.45. The minimum atomic E-state index is 0.499. The van der Waals surface area contributed by atoms with Gasteiger partial charge in [-0.2, -0.15) is 0 Å². The van der Waals surface area contributed by atoms with Crippen molar-refractivity contribution in [2.45, 2.75) is 86.0 Å². The molecule has 21 heavy (non-hydrogen) atoms. The van der Waals surface area contributed by atoms with E-state index in [0.29, 0.717) is 10.8 Å². The van der Waals surface area contributed by atoms with E-state index in [4.69, 9.17) is 0 Å². The predicted octanol–water partition coefficient (Wildman–Crippen LogP) is 7.33. The first-order valence-electron chi connectivity index (χ1n) is 9.07. The average Bonchev–Trinajstić information content (AvgIpc) is 2.73. The fourth-order valence-corrected chi connectivity index (χ4v) is 5.85. The maximum absolute atomic E-state index is 3.63. The number of fused-ring (bicyclic) bond motifs is 1. The van der Waals surface area contributed by atoms with Crippen molar-refractivity contribution < 1.29 is 0 Å². The summed E-state index contributed by atoms with van der Waals surface area (Å²) in [6, 6.07) is 0. The lowest BCUT2D eigenvalue weighted by Crippen LogP contribution is -2.35. The Bertz CT molecular complexity index is 376. The highest BCUT2D eigenvalue weighted by Gasteiger charge is 2.50. The number of halogens is 1. The van der Waals surface area contributed by atoms with Crippen LogP contribution in [0, 0.1) is 28.6 Å². The lowest BCUT2D eigenvalue weighted by atomic mass is 9.61. The minimum Gasteiger partial charge on any atom is -0.0622 e. The summed E-state index contributed by atoms with van der Waals surface area (Å²) >= 11 is 3.63. The molecule has 122 valence electrons. The fourth-order valence-electron chi connectivity index (χ4n) is 5.30. The lowest BCUT2D eigenvalue weighted by molar-refractivity contribution is 0.0922. The second-order valence-corrected chi connectivity index (χ2v) is 9.67. The Labute approximate surface area is 141 Å². The molecule has 1 heteroatoms. The Morgan fingerprint density at radius 1 is 1.33 bits per heavy atom. The third kappa shape index (κ3) is 3.95. The Morgan fingerprint density at radius 3 is 2.67 bits per heavy atom. The molecule has 0 bridgehead atoms. The zero-order valence-electron chi connectivity index (χ0n) is 14.8. The normalized spacial score (nSPS) is 36.8. The molecule has 0 aromatic carbocycles. The second-order valence-electron chi connectivity index (χ2n) is 9.21. The van der Waals surface area contributed by atoms with Gasteiger partial charge in [-0.15, -0.1) is 0 Å². The van der Waals surface area contributed by atoms with Gasteiger partial charge in [-0.3, -0.25) is 0 Å². The molecule has 2 rings (SSSR count). The Hall–Kier alpha value is 0.220. The fraction of sp³-hybridized carbons (Fsp3) is 0.900. The van der Waals surface area contributed by atoms with Gasteiger partial charge in [0.25, 0.3) is 0 Å². The Balaban J connectivity index is 1.97. The number of hydrogen-bond donors (Lipinski definition) is 0. The van der Waals surface area contributed by atoms with Crippen LogP contribution in [0.15, 0.2) is 10.6 Å². The summed E-state index contributed by atoms with van der Waals surface area (Å²) in [5.74, 6) is 2.71. The summed E-state index contributed by atoms with van der Waals surface area (Å²) in [6.45, 7) is 12.3. The summed E-state index contributed by atoms with van der Waals surface area (Å²) in [7, 11) is 0. The number of hydrogen-bond acceptors (Lipinski definition) is 0. The van der Waals surface area contributed by atoms with E-state index in [1.165, 1.54) is 51.4 Å². The van der Waals surface area contributed by atoms with Crippen LogP contribution < -0.4 is 0 Å². The molecule has 0 saturated heterocycles. The summed E-state index contributed by atoms with van der Waals surface area (Å²) < 4.78 is 0. The van der Waals surface area contributed by atoms with E-state index in [9.17, 15) is 0 Å². The summed E-state index contributed by atoms with van der Waals surface area (Å²) in [4.78, 5) is 2.25. The molecule has 0 aromatic heterocycles. The van der Waals surface area contributed by atoms with Crippen molar-refractivity contribution in [2.24, 2.45) is 28.6 Å². The van der Waals surface area contributed by atoms with Gasteiger partial charge in [0.15, 0.2) is 0 Å². The van der Waals surface area contributed by atoms with E-state index in [-0.39, 0.29) is 0 Å². The molecule has 0 nitrogen and oxygen atoms in total. The van der Waals surface area contributed by atoms with Crippen molar-refractivity contribution in [3.8, 4) is 0 Å². The van der Waals surface area contributed by atoms with Gasteiger partial charge >= 0.3 is 0 Å². The van der Waals surface area contributed by atoms with E-state index in [1.807, 2.05) is 0 Å². The highest BCUT2D eigenvalue weighted by atomic mass is 79.9. The molecule has 0 heterocycles. The van der Waals surface area contributed by atoms with Crippen LogP contribution in [0.25, 0.3) is 0 Å². The van der Waals surface area contributed by atoms with Crippen molar-refractivity contribution in [2.75, 3.05) is 0 Å². The van der Waals surface area contributed by atoms with E-state index in [1.54, 1.807) is 5.57 Å². The zero-order valence-corrected chi connectivity index (χ0v) is 16.4. The first-order chi connectivity index (χ1) is 9.78. The topological polar surface area (TPSA) is 0 Å². The summed E-state index contributed by atoms with van der Waals surface area (Å²) in [5, 5.41) is 0. The summed E-state index contributed by atoms with van der Waals surface area (Å²) in [6.07, 6.45) is 11.3. The van der Waals surface area contributed by atoms with Crippen molar-refractivity contribution >= 4 is 15.9 Å². The van der Waals surface area contributed by atoms with Crippen LogP contribution in [0.4, 0.5) is 0 Å². The van der Waals surface area contributed by atoms with Gasteiger partial charge in [0.2, 0.25) is 0 Å². The molecule has 0 amide bonds. The number of allylic oxidation sites excluding steroid dienone is 1. The molecular formula is C20H35Br. The van der Waals surface area contributed by atoms with Gasteiger partial charge in [-0.25, -0.2) is 0 Å². The highest BCUT2D eigenvalue weighted by Crippen LogP contribution is 2.60. The van der Waals surface area contributed by atoms with Crippen LogP contribution in [-0.4, -0.2) is 0 Å². The molecule has 0 spiro atoms. The van der Waals surface area contributed by atoms with Crippen LogP contribution in [0.1, 0.15) is 86.0 Å². The molecule has 4 atom stereocenters. The maximum atomic E-state index is 3.63. The molecule has 2 saturated carbocycles. The average molecular weight is 355 g/mol. The minimum absolute atomic E-state index is 0.499. The van der Waals surface area contributed by atoms with E-state index < -0.39 is 0 Å². The van der Waals surface area contributed by atoms with Crippen LogP contribution in [0.5, 0.6) is 0 Å². The molecule has 2 aliphatic rings. The monoisotopic (exact) mass is 354 g/mol. The van der Waals surface area contributed by atoms with Crippen LogP contribution in [-0.2, 0) is 0 Å². The molecule has 2 unspecified atom stereocenters. The smallest absolute Gasteiger partial charge is 0.0138 e. The summed E-state index contributed by atoms with van der Waals surface area (Å²) in [5.41, 5.74) is 2.78. The quantitative estimate of drug-likeness (QED) is 0.495. The van der Waals surface area contributed by atoms with Crippen LogP contribution in [0.2, 0.25) is 0 Å². The van der Waals surface area contributed by atoms with Crippen LogP contribution >= 0.6 is 15.9 Å². The standard InChI is InChI=1S/C20H35Br/c1-15(8-6-12-19(2,3)4)17-10-11-18-16(14-21)9-7-13-20(17,18)5/h14-15,17-18H,6-13H2,1-5H3/b16-14+/t15-,17?,18?,20-/m1/s1. The molecular weight excluding hydrogens is 320 g/mol. The second kappa shape index (κ2) is 6.77. The van der Waals surface area contributed by atoms with Crippen molar-refractivity contribution in [3.63, 3.8) is 0 Å². The van der Waals surface area contributed by atoms with Gasteiger partial charge in [-0.1, -0.05) is 69.0 Å². The van der Waals surface area contributed by atoms with Gasteiger partial charge in [-0.05, 0) is 72.1 Å². The van der Waals surface area contributed by atoms with Crippen molar-refractivity contribution in [3.05, 3.63) is 10.6 Å². The largest absolute Gasteiger partial charge is 0.0622 e. The molecule has 2 fully saturated rings. The SMILES string of the molecule is C[C@H](CCCC(C)(C)C)C1CCC2/C(=C/Br)CCC[C@@]21C. The first-order valence-corrected chi connectivity index (χ1v) is 9.98. The van der Waals surface area contributed by atoms with Crippen molar-refractivity contribution in [1.82, 2.24) is 0 Å². The Kier molecular flexibility index (Phi) is 5.66. The zero-order chi connectivity index (χ0) is 15.7. The van der Waals surface area contributed by atoms with Crippen molar-refractivity contribution in [1.29, 1.82) is 0 Å². The molecule has 2 aliphatic carbocycles. The van der Waals surface area contributed by atoms with E-state index in [0.717, 1.165) is 17.8 Å². The molecule has 0 radical (unpaired) electrons. The molecule has 0 aromatic rings. The highest BCUT2D eigenvalue weighted by molar-refractivity contribution is 9.11. The van der Waals surface area contributed by atoms with Gasteiger partial charge in [0, 0.05) is 0 Å². The van der Waals surface area contributed by atoms with Gasteiger partial charge in [0.1, 0.15) is 0 Å². The molecule has 0 N–H and O–H groups in total. The molecule has 0 aliphatic heterocycles. The van der Waals surface area contributed by atoms with E-state index in [2.05, 4.69) is 55.5 Å². The predicted molar refractivity (Wildman–Crippen MR) is 97.7 cm³/mol. The third-order valence-corrected chi connectivity index (χ3v) is 7.04. The van der Waals surface area contributed by atoms with Crippen LogP contribution in [0.3, 0.4) is 0 Å². The first kappa shape index (κ1) is 17.6. The van der Waals surface area contributed by atoms with E-state index >= 15 is 0 Å². The lowest BCUT2D eigenvalue weighted by Gasteiger charge is -2.44. The Morgan fingerprint density at radius 2 is 2.05 bits per heavy atom. The van der Waals surface area contributed by atoms with Gasteiger partial charge < -0.3 is 0 Å². The number of rotatable bonds is 4. The maximum Gasteiger partial charge on any atom is -0.0138 e.